The number of aryl methyl sites for hydroxylation is 2. The van der Waals surface area contributed by atoms with Gasteiger partial charge in [-0.05, 0) is 54.4 Å². The largest absolute Gasteiger partial charge is 0.343 e. The van der Waals surface area contributed by atoms with Crippen LogP contribution < -0.4 is 4.90 Å². The van der Waals surface area contributed by atoms with Crippen LogP contribution >= 0.6 is 11.6 Å². The molecular formula is C30H23ClN2O. The number of carbonyl (C=O) groups is 1. The molecule has 0 N–H and O–H groups in total. The summed E-state index contributed by atoms with van der Waals surface area (Å²) < 4.78 is 2.25. The first-order chi connectivity index (χ1) is 16.5. The van der Waals surface area contributed by atoms with Crippen molar-refractivity contribution in [2.75, 3.05) is 4.90 Å². The van der Waals surface area contributed by atoms with Crippen molar-refractivity contribution in [2.45, 2.75) is 13.0 Å². The second-order valence-corrected chi connectivity index (χ2v) is 9.28. The van der Waals surface area contributed by atoms with E-state index >= 15 is 0 Å². The lowest BCUT2D eigenvalue weighted by Crippen LogP contribution is -2.28. The lowest BCUT2D eigenvalue weighted by Gasteiger charge is -2.27. The molecule has 5 aromatic rings. The maximum absolute atomic E-state index is 13.8. The number of rotatable bonds is 3. The second kappa shape index (κ2) is 7.89. The molecular weight excluding hydrogens is 440 g/mol. The molecule has 34 heavy (non-hydrogen) atoms. The number of fused-ring (bicyclic) bond motifs is 2. The number of amides is 1. The number of nitrogens with zero attached hydrogens (tertiary/aromatic N) is 2. The fraction of sp³-hybridized carbons (Fsp3) is 0.100. The van der Waals surface area contributed by atoms with Gasteiger partial charge in [-0.25, -0.2) is 0 Å². The summed E-state index contributed by atoms with van der Waals surface area (Å²) >= 11 is 6.19. The Morgan fingerprint density at radius 3 is 2.24 bits per heavy atom. The molecule has 4 aromatic carbocycles. The minimum atomic E-state index is -0.257. The van der Waals surface area contributed by atoms with Gasteiger partial charge in [0.2, 0.25) is 0 Å². The molecule has 0 fully saturated rings. The van der Waals surface area contributed by atoms with Gasteiger partial charge < -0.3 is 4.57 Å². The minimum Gasteiger partial charge on any atom is -0.343 e. The van der Waals surface area contributed by atoms with Crippen molar-refractivity contribution < 1.29 is 4.79 Å². The molecule has 3 nitrogen and oxygen atoms in total. The van der Waals surface area contributed by atoms with Crippen molar-refractivity contribution in [2.24, 2.45) is 7.05 Å². The molecule has 0 radical (unpaired) electrons. The fourth-order valence-corrected chi connectivity index (χ4v) is 5.35. The highest BCUT2D eigenvalue weighted by atomic mass is 35.5. The van der Waals surface area contributed by atoms with Gasteiger partial charge in [-0.1, -0.05) is 77.8 Å². The third-order valence-electron chi connectivity index (χ3n) is 6.81. The Morgan fingerprint density at radius 2 is 1.47 bits per heavy atom. The number of para-hydroxylation sites is 1. The maximum atomic E-state index is 13.8. The minimum absolute atomic E-state index is 0.00529. The molecule has 1 aromatic heterocycles. The molecule has 0 saturated carbocycles. The van der Waals surface area contributed by atoms with E-state index in [0.29, 0.717) is 5.02 Å². The van der Waals surface area contributed by atoms with Crippen LogP contribution in [0.1, 0.15) is 33.1 Å². The molecule has 1 atom stereocenters. The number of halogens is 1. The highest BCUT2D eigenvalue weighted by Gasteiger charge is 2.41. The molecule has 1 amide bonds. The maximum Gasteiger partial charge on any atom is 0.259 e. The average Bonchev–Trinajstić information content (AvgIpc) is 3.31. The predicted molar refractivity (Wildman–Crippen MR) is 140 cm³/mol. The molecule has 166 valence electrons. The molecule has 2 heterocycles. The highest BCUT2D eigenvalue weighted by Crippen LogP contribution is 2.48. The second-order valence-electron chi connectivity index (χ2n) is 8.85. The van der Waals surface area contributed by atoms with E-state index in [4.69, 9.17) is 11.6 Å². The van der Waals surface area contributed by atoms with Crippen LogP contribution in [-0.4, -0.2) is 10.5 Å². The van der Waals surface area contributed by atoms with Crippen LogP contribution in [0.25, 0.3) is 22.2 Å². The van der Waals surface area contributed by atoms with E-state index in [2.05, 4.69) is 73.1 Å². The molecule has 0 spiro atoms. The van der Waals surface area contributed by atoms with E-state index in [1.165, 1.54) is 5.56 Å². The standard InChI is InChI=1S/C30H23ClN2O/c1-19-11-13-20(14-12-19)28-27(25-9-5-6-10-26(25)32(28)2)29-23-7-3-4-8-24(23)30(34)33(29)22-17-15-21(31)16-18-22/h3-18,29H,1-2H3. The van der Waals surface area contributed by atoms with Gasteiger partial charge in [0.1, 0.15) is 0 Å². The van der Waals surface area contributed by atoms with Gasteiger partial charge in [-0.3, -0.25) is 9.69 Å². The van der Waals surface area contributed by atoms with E-state index in [0.717, 1.165) is 44.5 Å². The molecule has 1 aliphatic rings. The van der Waals surface area contributed by atoms with E-state index < -0.39 is 0 Å². The first-order valence-electron chi connectivity index (χ1n) is 11.4. The van der Waals surface area contributed by atoms with Gasteiger partial charge in [-0.2, -0.15) is 0 Å². The van der Waals surface area contributed by atoms with Gasteiger partial charge in [0.05, 0.1) is 11.7 Å². The first-order valence-corrected chi connectivity index (χ1v) is 11.7. The number of anilines is 1. The van der Waals surface area contributed by atoms with Crippen LogP contribution in [0, 0.1) is 6.92 Å². The van der Waals surface area contributed by atoms with Gasteiger partial charge in [0.25, 0.3) is 5.91 Å². The third-order valence-corrected chi connectivity index (χ3v) is 7.06. The molecule has 1 aliphatic heterocycles. The zero-order valence-electron chi connectivity index (χ0n) is 19.0. The van der Waals surface area contributed by atoms with Crippen molar-refractivity contribution in [1.29, 1.82) is 0 Å². The van der Waals surface area contributed by atoms with Crippen molar-refractivity contribution in [3.8, 4) is 11.3 Å². The lowest BCUT2D eigenvalue weighted by atomic mass is 9.92. The number of carbonyl (C=O) groups excluding carboxylic acids is 1. The monoisotopic (exact) mass is 462 g/mol. The quantitative estimate of drug-likeness (QED) is 0.271. The predicted octanol–water partition coefficient (Wildman–Crippen LogP) is 7.56. The zero-order valence-corrected chi connectivity index (χ0v) is 19.8. The first kappa shape index (κ1) is 20.8. The fourth-order valence-electron chi connectivity index (χ4n) is 5.23. The summed E-state index contributed by atoms with van der Waals surface area (Å²) in [5.41, 5.74) is 8.34. The summed E-state index contributed by atoms with van der Waals surface area (Å²) in [6.07, 6.45) is 0. The molecule has 0 aliphatic carbocycles. The van der Waals surface area contributed by atoms with Crippen LogP contribution in [-0.2, 0) is 7.05 Å². The van der Waals surface area contributed by atoms with Crippen LogP contribution in [0.15, 0.2) is 97.1 Å². The Bertz CT molecular complexity index is 1550. The SMILES string of the molecule is Cc1ccc(-c2c(C3c4ccccc4C(=O)N3c3ccc(Cl)cc3)c3ccccc3n2C)cc1. The van der Waals surface area contributed by atoms with Crippen LogP contribution in [0.2, 0.25) is 5.02 Å². The van der Waals surface area contributed by atoms with Gasteiger partial charge >= 0.3 is 0 Å². The normalized spacial score (nSPS) is 15.2. The van der Waals surface area contributed by atoms with E-state index in [1.54, 1.807) is 0 Å². The summed E-state index contributed by atoms with van der Waals surface area (Å²) in [6.45, 7) is 2.10. The van der Waals surface area contributed by atoms with Crippen LogP contribution in [0.5, 0.6) is 0 Å². The molecule has 0 saturated heterocycles. The molecule has 6 rings (SSSR count). The summed E-state index contributed by atoms with van der Waals surface area (Å²) in [5.74, 6) is 0.00529. The Balaban J connectivity index is 1.69. The highest BCUT2D eigenvalue weighted by molar-refractivity contribution is 6.30. The summed E-state index contributed by atoms with van der Waals surface area (Å²) in [7, 11) is 2.11. The van der Waals surface area contributed by atoms with Crippen LogP contribution in [0.4, 0.5) is 5.69 Å². The Morgan fingerprint density at radius 1 is 0.794 bits per heavy atom. The Kier molecular flexibility index (Phi) is 4.82. The van der Waals surface area contributed by atoms with Crippen molar-refractivity contribution in [1.82, 2.24) is 4.57 Å². The zero-order chi connectivity index (χ0) is 23.4. The average molecular weight is 463 g/mol. The molecule has 4 heteroatoms. The third kappa shape index (κ3) is 3.08. The topological polar surface area (TPSA) is 25.2 Å². The molecule has 1 unspecified atom stereocenters. The summed E-state index contributed by atoms with van der Waals surface area (Å²) in [5, 5.41) is 1.80. The van der Waals surface area contributed by atoms with E-state index in [-0.39, 0.29) is 11.9 Å². The number of benzene rings is 4. The number of aromatic nitrogens is 1. The van der Waals surface area contributed by atoms with Crippen molar-refractivity contribution >= 4 is 34.1 Å². The van der Waals surface area contributed by atoms with Gasteiger partial charge in [0, 0.05) is 39.8 Å². The smallest absolute Gasteiger partial charge is 0.259 e. The van der Waals surface area contributed by atoms with Gasteiger partial charge in [-0.15, -0.1) is 0 Å². The Labute approximate surface area is 203 Å². The van der Waals surface area contributed by atoms with Crippen molar-refractivity contribution in [3.05, 3.63) is 124 Å². The number of hydrogen-bond acceptors (Lipinski definition) is 1. The Hall–Kier alpha value is -3.82. The summed E-state index contributed by atoms with van der Waals surface area (Å²) in [6, 6.07) is 32.3. The lowest BCUT2D eigenvalue weighted by molar-refractivity contribution is 0.0993. The molecule has 0 bridgehead atoms. The van der Waals surface area contributed by atoms with Gasteiger partial charge in [0.15, 0.2) is 0 Å². The van der Waals surface area contributed by atoms with Crippen molar-refractivity contribution in [3.63, 3.8) is 0 Å². The van der Waals surface area contributed by atoms with E-state index in [9.17, 15) is 4.79 Å². The van der Waals surface area contributed by atoms with Crippen LogP contribution in [0.3, 0.4) is 0 Å². The summed E-state index contributed by atoms with van der Waals surface area (Å²) in [4.78, 5) is 15.7. The number of hydrogen-bond donors (Lipinski definition) is 0. The van der Waals surface area contributed by atoms with E-state index in [1.807, 2.05) is 47.4 Å².